The van der Waals surface area contributed by atoms with Gasteiger partial charge in [-0.1, -0.05) is 30.3 Å². The Hall–Kier alpha value is -2.85. The van der Waals surface area contributed by atoms with E-state index < -0.39 is 0 Å². The molecule has 0 aliphatic carbocycles. The quantitative estimate of drug-likeness (QED) is 0.544. The second-order valence-corrected chi connectivity index (χ2v) is 6.30. The monoisotopic (exact) mass is 319 g/mol. The van der Waals surface area contributed by atoms with Crippen molar-refractivity contribution in [3.8, 4) is 33.2 Å². The number of thiazole rings is 1. The topological polar surface area (TPSA) is 53.4 Å². The molecule has 4 heteroatoms. The van der Waals surface area contributed by atoms with Gasteiger partial charge in [-0.05, 0) is 47.5 Å². The van der Waals surface area contributed by atoms with Gasteiger partial charge in [0.25, 0.3) is 0 Å². The normalized spacial score (nSPS) is 11.0. The van der Waals surface area contributed by atoms with Gasteiger partial charge in [0.15, 0.2) is 0 Å². The highest BCUT2D eigenvalue weighted by atomic mass is 32.1. The molecule has 0 fully saturated rings. The number of fused-ring (bicyclic) bond motifs is 1. The number of rotatable bonds is 2. The van der Waals surface area contributed by atoms with Crippen molar-refractivity contribution in [1.29, 1.82) is 0 Å². The molecular weight excluding hydrogens is 306 g/mol. The molecule has 4 rings (SSSR count). The Morgan fingerprint density at radius 3 is 2.30 bits per heavy atom. The van der Waals surface area contributed by atoms with Gasteiger partial charge < -0.3 is 10.2 Å². The Kier molecular flexibility index (Phi) is 3.24. The molecule has 3 aromatic carbocycles. The minimum Gasteiger partial charge on any atom is -0.508 e. The first-order valence-electron chi connectivity index (χ1n) is 7.19. The molecule has 0 bridgehead atoms. The van der Waals surface area contributed by atoms with E-state index in [-0.39, 0.29) is 11.5 Å². The molecule has 0 amide bonds. The number of para-hydroxylation sites is 1. The lowest BCUT2D eigenvalue weighted by molar-refractivity contribution is 0.475. The van der Waals surface area contributed by atoms with Crippen molar-refractivity contribution in [2.45, 2.75) is 0 Å². The summed E-state index contributed by atoms with van der Waals surface area (Å²) >= 11 is 1.56. The van der Waals surface area contributed by atoms with Gasteiger partial charge in [0.1, 0.15) is 16.5 Å². The van der Waals surface area contributed by atoms with Crippen LogP contribution in [0, 0.1) is 0 Å². The highest BCUT2D eigenvalue weighted by molar-refractivity contribution is 7.21. The summed E-state index contributed by atoms with van der Waals surface area (Å²) in [6.07, 6.45) is 0. The summed E-state index contributed by atoms with van der Waals surface area (Å²) in [5.41, 5.74) is 3.60. The number of phenols is 2. The van der Waals surface area contributed by atoms with Crippen molar-refractivity contribution in [1.82, 2.24) is 4.98 Å². The largest absolute Gasteiger partial charge is 0.508 e. The molecule has 1 heterocycles. The van der Waals surface area contributed by atoms with Crippen LogP contribution in [-0.2, 0) is 0 Å². The predicted molar refractivity (Wildman–Crippen MR) is 93.8 cm³/mol. The van der Waals surface area contributed by atoms with Crippen molar-refractivity contribution in [2.75, 3.05) is 0 Å². The van der Waals surface area contributed by atoms with Crippen molar-refractivity contribution < 1.29 is 10.2 Å². The highest BCUT2D eigenvalue weighted by Gasteiger charge is 2.12. The van der Waals surface area contributed by atoms with Gasteiger partial charge in [-0.15, -0.1) is 11.3 Å². The molecule has 0 aliphatic rings. The molecule has 1 aromatic heterocycles. The summed E-state index contributed by atoms with van der Waals surface area (Å²) < 4.78 is 1.09. The number of hydrogen-bond donors (Lipinski definition) is 2. The zero-order chi connectivity index (χ0) is 15.8. The molecule has 0 saturated carbocycles. The Balaban J connectivity index is 1.84. The van der Waals surface area contributed by atoms with Crippen LogP contribution in [0.15, 0.2) is 66.7 Å². The van der Waals surface area contributed by atoms with E-state index in [1.54, 1.807) is 29.5 Å². The second kappa shape index (κ2) is 5.41. The SMILES string of the molecule is Oc1ccc(-c2ccc(O)c(-c3nc4ccccc4s3)c2)cc1. The fourth-order valence-electron chi connectivity index (χ4n) is 2.53. The molecule has 0 atom stereocenters. The summed E-state index contributed by atoms with van der Waals surface area (Å²) in [5, 5.41) is 20.4. The fourth-order valence-corrected chi connectivity index (χ4v) is 3.52. The zero-order valence-electron chi connectivity index (χ0n) is 12.1. The first kappa shape index (κ1) is 13.8. The van der Waals surface area contributed by atoms with Gasteiger partial charge in [0.05, 0.1) is 15.8 Å². The van der Waals surface area contributed by atoms with Crippen molar-refractivity contribution in [3.05, 3.63) is 66.7 Å². The summed E-state index contributed by atoms with van der Waals surface area (Å²) in [5.74, 6) is 0.450. The van der Waals surface area contributed by atoms with Gasteiger partial charge in [-0.2, -0.15) is 0 Å². The number of aromatic hydroxyl groups is 2. The summed E-state index contributed by atoms with van der Waals surface area (Å²) in [4.78, 5) is 4.61. The van der Waals surface area contributed by atoms with Crippen LogP contribution >= 0.6 is 11.3 Å². The first-order valence-corrected chi connectivity index (χ1v) is 8.01. The highest BCUT2D eigenvalue weighted by Crippen LogP contribution is 2.37. The van der Waals surface area contributed by atoms with Crippen molar-refractivity contribution in [2.24, 2.45) is 0 Å². The summed E-state index contributed by atoms with van der Waals surface area (Å²) in [6.45, 7) is 0. The maximum atomic E-state index is 10.2. The lowest BCUT2D eigenvalue weighted by atomic mass is 10.0. The number of nitrogens with zero attached hydrogens (tertiary/aromatic N) is 1. The van der Waals surface area contributed by atoms with Crippen molar-refractivity contribution >= 4 is 21.6 Å². The Labute approximate surface area is 137 Å². The van der Waals surface area contributed by atoms with Gasteiger partial charge in [-0.25, -0.2) is 4.98 Å². The van der Waals surface area contributed by atoms with Crippen LogP contribution in [0.25, 0.3) is 31.9 Å². The van der Waals surface area contributed by atoms with Crippen LogP contribution in [0.5, 0.6) is 11.5 Å². The summed E-state index contributed by atoms with van der Waals surface area (Å²) in [6, 6.07) is 20.4. The van der Waals surface area contributed by atoms with E-state index in [2.05, 4.69) is 4.98 Å². The van der Waals surface area contributed by atoms with E-state index in [1.807, 2.05) is 48.5 Å². The third-order valence-electron chi connectivity index (χ3n) is 3.72. The van der Waals surface area contributed by atoms with Gasteiger partial charge in [0, 0.05) is 0 Å². The maximum Gasteiger partial charge on any atom is 0.128 e. The maximum absolute atomic E-state index is 10.2. The molecule has 2 N–H and O–H groups in total. The standard InChI is InChI=1S/C19H13NO2S/c21-14-8-5-12(6-9-14)13-7-10-17(22)15(11-13)19-20-16-3-1-2-4-18(16)23-19/h1-11,21-22H. The molecule has 23 heavy (non-hydrogen) atoms. The Bertz CT molecular complexity index is 957. The van der Waals surface area contributed by atoms with Crippen LogP contribution < -0.4 is 0 Å². The average Bonchev–Trinajstić information content (AvgIpc) is 3.00. The van der Waals surface area contributed by atoms with Crippen molar-refractivity contribution in [3.63, 3.8) is 0 Å². The zero-order valence-corrected chi connectivity index (χ0v) is 12.9. The second-order valence-electron chi connectivity index (χ2n) is 5.27. The lowest BCUT2D eigenvalue weighted by Crippen LogP contribution is -1.82. The third-order valence-corrected chi connectivity index (χ3v) is 4.79. The smallest absolute Gasteiger partial charge is 0.128 e. The molecule has 0 radical (unpaired) electrons. The van der Waals surface area contributed by atoms with Crippen LogP contribution in [-0.4, -0.2) is 15.2 Å². The number of benzene rings is 3. The molecule has 3 nitrogen and oxygen atoms in total. The lowest BCUT2D eigenvalue weighted by Gasteiger charge is -2.06. The van der Waals surface area contributed by atoms with E-state index in [0.717, 1.165) is 31.9 Å². The number of aromatic nitrogens is 1. The molecule has 4 aromatic rings. The van der Waals surface area contributed by atoms with Crippen LogP contribution in [0.2, 0.25) is 0 Å². The third kappa shape index (κ3) is 2.53. The van der Waals surface area contributed by atoms with Crippen LogP contribution in [0.3, 0.4) is 0 Å². The van der Waals surface area contributed by atoms with Gasteiger partial charge >= 0.3 is 0 Å². The predicted octanol–water partition coefficient (Wildman–Crippen LogP) is 5.04. The molecular formula is C19H13NO2S. The Morgan fingerprint density at radius 1 is 0.783 bits per heavy atom. The van der Waals surface area contributed by atoms with E-state index in [4.69, 9.17) is 0 Å². The average molecular weight is 319 g/mol. The van der Waals surface area contributed by atoms with Gasteiger partial charge in [0.2, 0.25) is 0 Å². The minimum atomic E-state index is 0.214. The molecule has 0 spiro atoms. The fraction of sp³-hybridized carbons (Fsp3) is 0. The molecule has 0 aliphatic heterocycles. The van der Waals surface area contributed by atoms with E-state index in [0.29, 0.717) is 0 Å². The van der Waals surface area contributed by atoms with Crippen LogP contribution in [0.1, 0.15) is 0 Å². The van der Waals surface area contributed by atoms with E-state index in [1.165, 1.54) is 0 Å². The molecule has 0 saturated heterocycles. The van der Waals surface area contributed by atoms with E-state index in [9.17, 15) is 10.2 Å². The number of phenolic OH excluding ortho intramolecular Hbond substituents is 2. The minimum absolute atomic E-state index is 0.214. The van der Waals surface area contributed by atoms with E-state index >= 15 is 0 Å². The Morgan fingerprint density at radius 2 is 1.52 bits per heavy atom. The molecule has 0 unspecified atom stereocenters. The number of hydrogen-bond acceptors (Lipinski definition) is 4. The van der Waals surface area contributed by atoms with Gasteiger partial charge in [-0.3, -0.25) is 0 Å². The first-order chi connectivity index (χ1) is 11.2. The molecule has 112 valence electrons. The van der Waals surface area contributed by atoms with Crippen LogP contribution in [0.4, 0.5) is 0 Å². The summed E-state index contributed by atoms with van der Waals surface area (Å²) in [7, 11) is 0.